The molecule has 0 aromatic heterocycles. The normalized spacial score (nSPS) is 21.3. The van der Waals surface area contributed by atoms with Crippen LogP contribution in [0, 0.1) is 11.8 Å². The Bertz CT molecular complexity index is 496. The topological polar surface area (TPSA) is 36.5 Å². The molecule has 134 valence electrons. The van der Waals surface area contributed by atoms with E-state index in [9.17, 15) is 0 Å². The van der Waals surface area contributed by atoms with Crippen LogP contribution in [0.5, 0.6) is 5.75 Å². The lowest BCUT2D eigenvalue weighted by Crippen LogP contribution is -2.40. The summed E-state index contributed by atoms with van der Waals surface area (Å²) in [6.07, 6.45) is 2.48. The third kappa shape index (κ3) is 6.65. The molecule has 0 aliphatic carbocycles. The van der Waals surface area contributed by atoms with Crippen LogP contribution >= 0.6 is 12.2 Å². The molecule has 1 saturated heterocycles. The lowest BCUT2D eigenvalue weighted by Gasteiger charge is -2.34. The Morgan fingerprint density at radius 2 is 1.88 bits per heavy atom. The van der Waals surface area contributed by atoms with Gasteiger partial charge in [-0.25, -0.2) is 0 Å². The smallest absolute Gasteiger partial charge is 0.170 e. The Morgan fingerprint density at radius 3 is 2.50 bits per heavy atom. The van der Waals surface area contributed by atoms with Crippen molar-refractivity contribution in [3.05, 3.63) is 24.3 Å². The summed E-state index contributed by atoms with van der Waals surface area (Å²) in [5.74, 6) is 2.53. The number of nitrogens with one attached hydrogen (secondary N) is 2. The van der Waals surface area contributed by atoms with E-state index in [2.05, 4.69) is 29.4 Å². The number of likely N-dealkylation sites (tertiary alicyclic amines) is 1. The summed E-state index contributed by atoms with van der Waals surface area (Å²) in [4.78, 5) is 2.59. The number of nitrogens with zero attached hydrogens (tertiary/aromatic N) is 1. The van der Waals surface area contributed by atoms with Crippen molar-refractivity contribution in [2.75, 3.05) is 38.1 Å². The maximum absolute atomic E-state index is 5.44. The molecule has 0 unspecified atom stereocenters. The number of ether oxygens (including phenoxy) is 1. The molecular weight excluding hydrogens is 318 g/mol. The van der Waals surface area contributed by atoms with Crippen molar-refractivity contribution in [3.8, 4) is 5.75 Å². The highest BCUT2D eigenvalue weighted by atomic mass is 32.1. The summed E-state index contributed by atoms with van der Waals surface area (Å²) in [6, 6.07) is 7.87. The van der Waals surface area contributed by atoms with Crippen molar-refractivity contribution in [2.24, 2.45) is 11.8 Å². The van der Waals surface area contributed by atoms with Crippen LogP contribution in [0.2, 0.25) is 0 Å². The van der Waals surface area contributed by atoms with Gasteiger partial charge in [0, 0.05) is 25.3 Å². The lowest BCUT2D eigenvalue weighted by molar-refractivity contribution is 0.140. The second-order valence-electron chi connectivity index (χ2n) is 6.90. The minimum Gasteiger partial charge on any atom is -0.494 e. The molecule has 1 aliphatic rings. The van der Waals surface area contributed by atoms with Gasteiger partial charge in [-0.1, -0.05) is 13.8 Å². The zero-order valence-corrected chi connectivity index (χ0v) is 16.0. The van der Waals surface area contributed by atoms with Crippen molar-refractivity contribution in [2.45, 2.75) is 33.6 Å². The van der Waals surface area contributed by atoms with Gasteiger partial charge in [0.2, 0.25) is 0 Å². The van der Waals surface area contributed by atoms with Crippen molar-refractivity contribution in [1.82, 2.24) is 10.2 Å². The first kappa shape index (κ1) is 19.0. The van der Waals surface area contributed by atoms with Crippen molar-refractivity contribution in [1.29, 1.82) is 0 Å². The molecule has 2 atom stereocenters. The fraction of sp³-hybridized carbons (Fsp3) is 0.632. The molecule has 24 heavy (non-hydrogen) atoms. The average Bonchev–Trinajstić information content (AvgIpc) is 2.53. The van der Waals surface area contributed by atoms with Gasteiger partial charge in [-0.05, 0) is 74.6 Å². The monoisotopic (exact) mass is 349 g/mol. The molecule has 1 aliphatic heterocycles. The summed E-state index contributed by atoms with van der Waals surface area (Å²) in [7, 11) is 0. The Balaban J connectivity index is 1.62. The molecule has 1 aromatic rings. The number of piperidine rings is 1. The number of benzene rings is 1. The fourth-order valence-electron chi connectivity index (χ4n) is 3.46. The van der Waals surface area contributed by atoms with Crippen molar-refractivity contribution in [3.63, 3.8) is 0 Å². The first-order valence-electron chi connectivity index (χ1n) is 9.07. The molecule has 0 amide bonds. The third-order valence-electron chi connectivity index (χ3n) is 4.30. The second kappa shape index (κ2) is 9.84. The zero-order chi connectivity index (χ0) is 17.4. The van der Waals surface area contributed by atoms with Gasteiger partial charge in [-0.2, -0.15) is 0 Å². The van der Waals surface area contributed by atoms with Crippen LogP contribution in [0.4, 0.5) is 5.69 Å². The number of rotatable bonds is 7. The fourth-order valence-corrected chi connectivity index (χ4v) is 3.68. The van der Waals surface area contributed by atoms with E-state index in [1.807, 2.05) is 31.2 Å². The van der Waals surface area contributed by atoms with E-state index >= 15 is 0 Å². The predicted octanol–water partition coefficient (Wildman–Crippen LogP) is 3.74. The molecule has 1 fully saturated rings. The number of hydrogen-bond donors (Lipinski definition) is 2. The van der Waals surface area contributed by atoms with E-state index in [0.29, 0.717) is 11.7 Å². The Kier molecular flexibility index (Phi) is 7.79. The van der Waals surface area contributed by atoms with Crippen LogP contribution in [0.25, 0.3) is 0 Å². The molecule has 5 heteroatoms. The van der Waals surface area contributed by atoms with E-state index in [-0.39, 0.29) is 0 Å². The van der Waals surface area contributed by atoms with Gasteiger partial charge in [0.05, 0.1) is 6.61 Å². The van der Waals surface area contributed by atoms with Crippen LogP contribution in [0.15, 0.2) is 24.3 Å². The standard InChI is InChI=1S/C19H31N3OS/c1-4-23-18-8-6-17(7-9-18)21-19(24)20-10-5-11-22-13-15(2)12-16(3)14-22/h6-9,15-16H,4-5,10-14H2,1-3H3,(H2,20,21,24)/t15-,16-/m1/s1. The Hall–Kier alpha value is -1.33. The van der Waals surface area contributed by atoms with E-state index in [4.69, 9.17) is 17.0 Å². The van der Waals surface area contributed by atoms with Crippen molar-refractivity contribution >= 4 is 23.0 Å². The van der Waals surface area contributed by atoms with E-state index in [1.54, 1.807) is 0 Å². The summed E-state index contributed by atoms with van der Waals surface area (Å²) < 4.78 is 5.44. The molecule has 0 bridgehead atoms. The van der Waals surface area contributed by atoms with Crippen LogP contribution in [-0.2, 0) is 0 Å². The maximum Gasteiger partial charge on any atom is 0.170 e. The predicted molar refractivity (Wildman–Crippen MR) is 106 cm³/mol. The second-order valence-corrected chi connectivity index (χ2v) is 7.31. The third-order valence-corrected chi connectivity index (χ3v) is 4.55. The quantitative estimate of drug-likeness (QED) is 0.579. The summed E-state index contributed by atoms with van der Waals surface area (Å²) >= 11 is 5.36. The van der Waals surface area contributed by atoms with Gasteiger partial charge < -0.3 is 20.3 Å². The van der Waals surface area contributed by atoms with Crippen LogP contribution in [0.3, 0.4) is 0 Å². The van der Waals surface area contributed by atoms with E-state index in [1.165, 1.54) is 19.5 Å². The van der Waals surface area contributed by atoms with Gasteiger partial charge in [0.25, 0.3) is 0 Å². The van der Waals surface area contributed by atoms with Gasteiger partial charge in [-0.3, -0.25) is 0 Å². The highest BCUT2D eigenvalue weighted by Gasteiger charge is 2.20. The van der Waals surface area contributed by atoms with Crippen LogP contribution in [0.1, 0.15) is 33.6 Å². The van der Waals surface area contributed by atoms with Crippen LogP contribution < -0.4 is 15.4 Å². The van der Waals surface area contributed by atoms with Crippen LogP contribution in [-0.4, -0.2) is 42.8 Å². The molecule has 0 saturated carbocycles. The largest absolute Gasteiger partial charge is 0.494 e. The lowest BCUT2D eigenvalue weighted by atomic mass is 9.92. The zero-order valence-electron chi connectivity index (χ0n) is 15.2. The highest BCUT2D eigenvalue weighted by Crippen LogP contribution is 2.20. The van der Waals surface area contributed by atoms with E-state index in [0.717, 1.165) is 42.8 Å². The molecule has 0 radical (unpaired) electrons. The minimum atomic E-state index is 0.680. The summed E-state index contributed by atoms with van der Waals surface area (Å²) in [5.41, 5.74) is 0.981. The highest BCUT2D eigenvalue weighted by molar-refractivity contribution is 7.80. The van der Waals surface area contributed by atoms with Crippen molar-refractivity contribution < 1.29 is 4.74 Å². The number of thiocarbonyl (C=S) groups is 1. The molecule has 4 nitrogen and oxygen atoms in total. The molecule has 2 N–H and O–H groups in total. The van der Waals surface area contributed by atoms with Gasteiger partial charge in [0.1, 0.15) is 5.75 Å². The van der Waals surface area contributed by atoms with Gasteiger partial charge in [0.15, 0.2) is 5.11 Å². The average molecular weight is 350 g/mol. The van der Waals surface area contributed by atoms with Gasteiger partial charge in [-0.15, -0.1) is 0 Å². The molecular formula is C19H31N3OS. The maximum atomic E-state index is 5.44. The SMILES string of the molecule is CCOc1ccc(NC(=S)NCCCN2C[C@H](C)C[C@@H](C)C2)cc1. The summed E-state index contributed by atoms with van der Waals surface area (Å²) in [5, 5.41) is 7.19. The van der Waals surface area contributed by atoms with Gasteiger partial charge >= 0.3 is 0 Å². The molecule has 1 heterocycles. The number of anilines is 1. The minimum absolute atomic E-state index is 0.680. The number of hydrogen-bond acceptors (Lipinski definition) is 3. The Labute approximate surface area is 152 Å². The molecule has 2 rings (SSSR count). The Morgan fingerprint density at radius 1 is 1.21 bits per heavy atom. The first-order chi connectivity index (χ1) is 11.6. The molecule has 0 spiro atoms. The summed E-state index contributed by atoms with van der Waals surface area (Å²) in [6.45, 7) is 11.9. The van der Waals surface area contributed by atoms with E-state index < -0.39 is 0 Å². The first-order valence-corrected chi connectivity index (χ1v) is 9.47. The molecule has 1 aromatic carbocycles.